The first kappa shape index (κ1) is 24.9. The lowest BCUT2D eigenvalue weighted by Gasteiger charge is -2.37. The Morgan fingerprint density at radius 2 is 1.69 bits per heavy atom. The van der Waals surface area contributed by atoms with Crippen molar-refractivity contribution < 1.29 is 14.4 Å². The summed E-state index contributed by atoms with van der Waals surface area (Å²) in [6.07, 6.45) is 1.51. The molecule has 7 nitrogen and oxygen atoms in total. The second-order valence-electron chi connectivity index (χ2n) is 10.6. The van der Waals surface area contributed by atoms with E-state index < -0.39 is 12.1 Å². The zero-order valence-electron chi connectivity index (χ0n) is 22.1. The molecule has 0 spiro atoms. The van der Waals surface area contributed by atoms with Crippen LogP contribution in [-0.4, -0.2) is 45.7 Å². The predicted octanol–water partition coefficient (Wildman–Crippen LogP) is 4.28. The van der Waals surface area contributed by atoms with Crippen LogP contribution in [0.5, 0.6) is 0 Å². The van der Waals surface area contributed by atoms with E-state index in [0.29, 0.717) is 18.4 Å². The number of nitrogens with zero attached hydrogens (tertiary/aromatic N) is 1. The van der Waals surface area contributed by atoms with E-state index in [0.717, 1.165) is 39.7 Å². The molecule has 2 aliphatic rings. The van der Waals surface area contributed by atoms with Crippen LogP contribution in [0.25, 0.3) is 10.9 Å². The number of benzene rings is 3. The Morgan fingerprint density at radius 3 is 2.49 bits per heavy atom. The van der Waals surface area contributed by atoms with Gasteiger partial charge in [0.2, 0.25) is 11.8 Å². The van der Waals surface area contributed by atoms with Gasteiger partial charge in [0.25, 0.3) is 5.91 Å². The molecule has 3 heterocycles. The number of amides is 3. The molecule has 0 aliphatic carbocycles. The van der Waals surface area contributed by atoms with Crippen molar-refractivity contribution in [3.05, 3.63) is 107 Å². The Morgan fingerprint density at radius 1 is 0.974 bits per heavy atom. The zero-order valence-corrected chi connectivity index (χ0v) is 22.1. The topological polar surface area (TPSA) is 94.3 Å². The molecule has 7 heteroatoms. The van der Waals surface area contributed by atoms with Crippen LogP contribution in [0.4, 0.5) is 0 Å². The normalized spacial score (nSPS) is 19.1. The highest BCUT2D eigenvalue weighted by Crippen LogP contribution is 2.46. The van der Waals surface area contributed by atoms with Crippen LogP contribution in [-0.2, 0) is 22.4 Å². The lowest BCUT2D eigenvalue weighted by molar-refractivity contribution is -0.132. The first-order valence-electron chi connectivity index (χ1n) is 13.6. The number of H-pyrrole nitrogens is 1. The SMILES string of the molecule is CC[C@@H](C)NC(=O)[C@H](Cc1ccccc1)NC(=O)[C@@H]1Cc2c([nH]c3ccccc23)[C@@H]2c3ccccc3C(=O)N21. The maximum Gasteiger partial charge on any atom is 0.255 e. The second kappa shape index (κ2) is 10.1. The highest BCUT2D eigenvalue weighted by atomic mass is 16.2. The molecule has 0 bridgehead atoms. The Hall–Kier alpha value is -4.39. The van der Waals surface area contributed by atoms with Crippen molar-refractivity contribution in [2.45, 2.75) is 57.3 Å². The summed E-state index contributed by atoms with van der Waals surface area (Å²) in [5, 5.41) is 7.12. The van der Waals surface area contributed by atoms with E-state index in [1.807, 2.05) is 86.6 Å². The van der Waals surface area contributed by atoms with Gasteiger partial charge < -0.3 is 20.5 Å². The molecule has 4 atom stereocenters. The Balaban J connectivity index is 1.37. The number of hydrogen-bond acceptors (Lipinski definition) is 3. The molecule has 39 heavy (non-hydrogen) atoms. The third-order valence-electron chi connectivity index (χ3n) is 8.07. The zero-order chi connectivity index (χ0) is 27.1. The molecule has 3 aromatic carbocycles. The average molecular weight is 521 g/mol. The van der Waals surface area contributed by atoms with Gasteiger partial charge in [-0.15, -0.1) is 0 Å². The average Bonchev–Trinajstić information content (AvgIpc) is 3.48. The Bertz CT molecular complexity index is 1560. The van der Waals surface area contributed by atoms with Gasteiger partial charge >= 0.3 is 0 Å². The smallest absolute Gasteiger partial charge is 0.255 e. The molecule has 0 fully saturated rings. The summed E-state index contributed by atoms with van der Waals surface area (Å²) in [4.78, 5) is 46.4. The number of nitrogens with one attached hydrogen (secondary N) is 3. The van der Waals surface area contributed by atoms with Crippen LogP contribution in [0.3, 0.4) is 0 Å². The van der Waals surface area contributed by atoms with Crippen molar-refractivity contribution in [3.63, 3.8) is 0 Å². The third-order valence-corrected chi connectivity index (χ3v) is 8.07. The predicted molar refractivity (Wildman–Crippen MR) is 150 cm³/mol. The van der Waals surface area contributed by atoms with E-state index in [4.69, 9.17) is 0 Å². The van der Waals surface area contributed by atoms with Gasteiger partial charge in [-0.2, -0.15) is 0 Å². The van der Waals surface area contributed by atoms with Crippen molar-refractivity contribution in [1.82, 2.24) is 20.5 Å². The highest BCUT2D eigenvalue weighted by molar-refractivity contribution is 6.04. The summed E-state index contributed by atoms with van der Waals surface area (Å²) in [6.45, 7) is 3.96. The van der Waals surface area contributed by atoms with E-state index in [-0.39, 0.29) is 29.8 Å². The van der Waals surface area contributed by atoms with Crippen molar-refractivity contribution in [2.75, 3.05) is 0 Å². The fraction of sp³-hybridized carbons (Fsp3) is 0.281. The molecular formula is C32H32N4O3. The number of para-hydroxylation sites is 1. The van der Waals surface area contributed by atoms with Crippen molar-refractivity contribution in [1.29, 1.82) is 0 Å². The minimum atomic E-state index is -0.767. The van der Waals surface area contributed by atoms with Gasteiger partial charge in [0.05, 0.1) is 6.04 Å². The lowest BCUT2D eigenvalue weighted by atomic mass is 9.89. The second-order valence-corrected chi connectivity index (χ2v) is 10.6. The van der Waals surface area contributed by atoms with Crippen LogP contribution >= 0.6 is 0 Å². The molecule has 2 aliphatic heterocycles. The van der Waals surface area contributed by atoms with Gasteiger partial charge in [0.1, 0.15) is 12.1 Å². The number of carbonyl (C=O) groups is 3. The first-order valence-corrected chi connectivity index (χ1v) is 13.6. The fourth-order valence-corrected chi connectivity index (χ4v) is 5.91. The van der Waals surface area contributed by atoms with E-state index in [9.17, 15) is 14.4 Å². The Kier molecular flexibility index (Phi) is 6.43. The van der Waals surface area contributed by atoms with Gasteiger partial charge in [-0.25, -0.2) is 0 Å². The monoisotopic (exact) mass is 520 g/mol. The standard InChI is InChI=1S/C32H32N4O3/c1-3-19(2)33-30(37)26(17-20-11-5-4-6-12-20)35-31(38)27-18-24-21-13-9-10-16-25(21)34-28(24)29-22-14-7-8-15-23(22)32(39)36(27)29/h4-16,19,26-27,29,34H,3,17-18H2,1-2H3,(H,33,37)(H,35,38)/t19-,26+,27+,29+/m1/s1. The van der Waals surface area contributed by atoms with Crippen LogP contribution in [0.2, 0.25) is 0 Å². The molecule has 0 unspecified atom stereocenters. The van der Waals surface area contributed by atoms with Crippen molar-refractivity contribution in [3.8, 4) is 0 Å². The van der Waals surface area contributed by atoms with Gasteiger partial charge in [0.15, 0.2) is 0 Å². The summed E-state index contributed by atoms with van der Waals surface area (Å²) in [6, 6.07) is 23.3. The molecule has 3 amide bonds. The lowest BCUT2D eigenvalue weighted by Crippen LogP contribution is -2.57. The summed E-state index contributed by atoms with van der Waals surface area (Å²) in [5.41, 5.74) is 5.43. The van der Waals surface area contributed by atoms with Gasteiger partial charge in [-0.05, 0) is 42.2 Å². The van der Waals surface area contributed by atoms with Gasteiger partial charge in [0, 0.05) is 41.0 Å². The maximum absolute atomic E-state index is 14.1. The minimum absolute atomic E-state index is 0.0184. The van der Waals surface area contributed by atoms with Crippen LogP contribution in [0, 0.1) is 0 Å². The van der Waals surface area contributed by atoms with Crippen LogP contribution < -0.4 is 10.6 Å². The molecule has 0 saturated carbocycles. The van der Waals surface area contributed by atoms with Crippen molar-refractivity contribution >= 4 is 28.6 Å². The molecule has 198 valence electrons. The molecule has 0 radical (unpaired) electrons. The number of hydrogen-bond donors (Lipinski definition) is 3. The molecule has 6 rings (SSSR count). The third kappa shape index (κ3) is 4.38. The van der Waals surface area contributed by atoms with E-state index >= 15 is 0 Å². The quantitative estimate of drug-likeness (QED) is 0.340. The van der Waals surface area contributed by atoms with Crippen LogP contribution in [0.15, 0.2) is 78.9 Å². The molecule has 3 N–H and O–H groups in total. The number of carbonyl (C=O) groups excluding carboxylic acids is 3. The van der Waals surface area contributed by atoms with Crippen molar-refractivity contribution in [2.24, 2.45) is 0 Å². The summed E-state index contributed by atoms with van der Waals surface area (Å²) >= 11 is 0. The summed E-state index contributed by atoms with van der Waals surface area (Å²) in [7, 11) is 0. The molecule has 4 aromatic rings. The number of rotatable bonds is 7. The summed E-state index contributed by atoms with van der Waals surface area (Å²) in [5.74, 6) is -0.709. The van der Waals surface area contributed by atoms with E-state index in [1.54, 1.807) is 4.90 Å². The van der Waals surface area contributed by atoms with Gasteiger partial charge in [-0.3, -0.25) is 14.4 Å². The molecule has 0 saturated heterocycles. The Labute approximate surface area is 227 Å². The molecular weight excluding hydrogens is 488 g/mol. The highest BCUT2D eigenvalue weighted by Gasteiger charge is 2.49. The maximum atomic E-state index is 14.1. The van der Waals surface area contributed by atoms with E-state index in [1.165, 1.54) is 0 Å². The largest absolute Gasteiger partial charge is 0.356 e. The fourth-order valence-electron chi connectivity index (χ4n) is 5.91. The number of aromatic nitrogens is 1. The first-order chi connectivity index (χ1) is 19.0. The van der Waals surface area contributed by atoms with Crippen LogP contribution in [0.1, 0.15) is 59.1 Å². The van der Waals surface area contributed by atoms with Gasteiger partial charge in [-0.1, -0.05) is 73.7 Å². The number of fused-ring (bicyclic) bond motifs is 7. The summed E-state index contributed by atoms with van der Waals surface area (Å²) < 4.78 is 0. The number of aromatic amines is 1. The minimum Gasteiger partial charge on any atom is -0.356 e. The van der Waals surface area contributed by atoms with E-state index in [2.05, 4.69) is 21.7 Å². The molecule has 1 aromatic heterocycles.